The number of hydrogen-bond donors (Lipinski definition) is 2. The first kappa shape index (κ1) is 10.4. The second-order valence-corrected chi connectivity index (χ2v) is 3.06. The van der Waals surface area contributed by atoms with E-state index in [1.165, 1.54) is 0 Å². The second-order valence-electron chi connectivity index (χ2n) is 3.06. The van der Waals surface area contributed by atoms with Gasteiger partial charge in [0.15, 0.2) is 0 Å². The summed E-state index contributed by atoms with van der Waals surface area (Å²) < 4.78 is 4.54. The SMILES string of the molecule is CC(Cc1ccc(O)cc1)OC(=O)O. The van der Waals surface area contributed by atoms with Crippen molar-refractivity contribution in [3.63, 3.8) is 0 Å². The van der Waals surface area contributed by atoms with Gasteiger partial charge in [-0.25, -0.2) is 4.79 Å². The van der Waals surface area contributed by atoms with Gasteiger partial charge >= 0.3 is 6.16 Å². The van der Waals surface area contributed by atoms with E-state index in [1.807, 2.05) is 0 Å². The lowest BCUT2D eigenvalue weighted by Gasteiger charge is -2.10. The molecule has 0 aliphatic rings. The van der Waals surface area contributed by atoms with Crippen LogP contribution in [0.25, 0.3) is 0 Å². The molecular formula is C10H12O4. The van der Waals surface area contributed by atoms with Crippen LogP contribution in [-0.4, -0.2) is 22.5 Å². The third kappa shape index (κ3) is 3.35. The first-order valence-corrected chi connectivity index (χ1v) is 4.25. The number of aromatic hydroxyl groups is 1. The third-order valence-corrected chi connectivity index (χ3v) is 1.76. The standard InChI is InChI=1S/C10H12O4/c1-7(14-10(12)13)6-8-2-4-9(11)5-3-8/h2-5,7,11H,6H2,1H3,(H,12,13). The predicted molar refractivity (Wildman–Crippen MR) is 50.4 cm³/mol. The number of ether oxygens (including phenoxy) is 1. The monoisotopic (exact) mass is 196 g/mol. The zero-order chi connectivity index (χ0) is 10.6. The molecule has 0 saturated carbocycles. The van der Waals surface area contributed by atoms with Crippen LogP contribution in [-0.2, 0) is 11.2 Å². The van der Waals surface area contributed by atoms with Gasteiger partial charge in [0.1, 0.15) is 11.9 Å². The topological polar surface area (TPSA) is 66.8 Å². The highest BCUT2D eigenvalue weighted by Gasteiger charge is 2.07. The molecule has 1 aromatic carbocycles. The van der Waals surface area contributed by atoms with Gasteiger partial charge in [-0.2, -0.15) is 0 Å². The highest BCUT2D eigenvalue weighted by Crippen LogP contribution is 2.12. The highest BCUT2D eigenvalue weighted by molar-refractivity contribution is 5.57. The van der Waals surface area contributed by atoms with E-state index < -0.39 is 6.16 Å². The molecule has 0 heterocycles. The molecule has 1 atom stereocenters. The first-order valence-electron chi connectivity index (χ1n) is 4.25. The van der Waals surface area contributed by atoms with E-state index in [-0.39, 0.29) is 11.9 Å². The summed E-state index contributed by atoms with van der Waals surface area (Å²) in [6.45, 7) is 1.68. The number of phenols is 1. The quantitative estimate of drug-likeness (QED) is 0.726. The van der Waals surface area contributed by atoms with Crippen molar-refractivity contribution >= 4 is 6.16 Å². The summed E-state index contributed by atoms with van der Waals surface area (Å²) in [5.74, 6) is 0.195. The molecule has 0 aromatic heterocycles. The normalized spacial score (nSPS) is 12.1. The van der Waals surface area contributed by atoms with Gasteiger partial charge in [-0.3, -0.25) is 0 Å². The lowest BCUT2D eigenvalue weighted by atomic mass is 10.1. The fourth-order valence-electron chi connectivity index (χ4n) is 1.18. The molecule has 0 aliphatic heterocycles. The van der Waals surface area contributed by atoms with Crippen LogP contribution >= 0.6 is 0 Å². The van der Waals surface area contributed by atoms with E-state index in [2.05, 4.69) is 4.74 Å². The highest BCUT2D eigenvalue weighted by atomic mass is 16.7. The lowest BCUT2D eigenvalue weighted by molar-refractivity contribution is 0.0593. The van der Waals surface area contributed by atoms with Gasteiger partial charge < -0.3 is 14.9 Å². The Hall–Kier alpha value is -1.71. The lowest BCUT2D eigenvalue weighted by Crippen LogP contribution is -2.15. The van der Waals surface area contributed by atoms with Crippen molar-refractivity contribution < 1.29 is 19.7 Å². The molecule has 4 heteroatoms. The van der Waals surface area contributed by atoms with E-state index in [9.17, 15) is 4.79 Å². The minimum absolute atomic E-state index is 0.195. The fraction of sp³-hybridized carbons (Fsp3) is 0.300. The molecule has 0 amide bonds. The van der Waals surface area contributed by atoms with Crippen LogP contribution in [0.5, 0.6) is 5.75 Å². The number of benzene rings is 1. The zero-order valence-electron chi connectivity index (χ0n) is 7.80. The zero-order valence-corrected chi connectivity index (χ0v) is 7.80. The Morgan fingerprint density at radius 3 is 2.50 bits per heavy atom. The number of carboxylic acid groups (broad SMARTS) is 1. The van der Waals surface area contributed by atoms with Gasteiger partial charge in [0.05, 0.1) is 0 Å². The Kier molecular flexibility index (Phi) is 3.34. The summed E-state index contributed by atoms with van der Waals surface area (Å²) in [7, 11) is 0. The van der Waals surface area contributed by atoms with E-state index >= 15 is 0 Å². The minimum atomic E-state index is -1.27. The Labute approximate surface area is 81.8 Å². The number of rotatable bonds is 3. The molecule has 0 aliphatic carbocycles. The molecule has 0 fully saturated rings. The largest absolute Gasteiger partial charge is 0.508 e. The Morgan fingerprint density at radius 2 is 2.00 bits per heavy atom. The summed E-state index contributed by atoms with van der Waals surface area (Å²) in [5, 5.41) is 17.4. The average Bonchev–Trinajstić information content (AvgIpc) is 2.07. The summed E-state index contributed by atoms with van der Waals surface area (Å²) in [5.41, 5.74) is 0.927. The summed E-state index contributed by atoms with van der Waals surface area (Å²) in [6, 6.07) is 6.58. The van der Waals surface area contributed by atoms with Crippen molar-refractivity contribution in [2.75, 3.05) is 0 Å². The Bertz CT molecular complexity index is 304. The van der Waals surface area contributed by atoms with Gasteiger partial charge in [-0.05, 0) is 24.6 Å². The van der Waals surface area contributed by atoms with Crippen molar-refractivity contribution in [2.24, 2.45) is 0 Å². The van der Waals surface area contributed by atoms with Crippen LogP contribution in [0.4, 0.5) is 4.79 Å². The van der Waals surface area contributed by atoms with E-state index in [1.54, 1.807) is 31.2 Å². The van der Waals surface area contributed by atoms with Gasteiger partial charge in [0, 0.05) is 6.42 Å². The molecule has 2 N–H and O–H groups in total. The maximum absolute atomic E-state index is 10.2. The van der Waals surface area contributed by atoms with Crippen LogP contribution in [0.3, 0.4) is 0 Å². The number of hydrogen-bond acceptors (Lipinski definition) is 3. The molecule has 76 valence electrons. The van der Waals surface area contributed by atoms with Gasteiger partial charge in [-0.1, -0.05) is 12.1 Å². The summed E-state index contributed by atoms with van der Waals surface area (Å²) >= 11 is 0. The van der Waals surface area contributed by atoms with Gasteiger partial charge in [0.25, 0.3) is 0 Å². The maximum Gasteiger partial charge on any atom is 0.506 e. The van der Waals surface area contributed by atoms with Gasteiger partial charge in [0.2, 0.25) is 0 Å². The van der Waals surface area contributed by atoms with Crippen LogP contribution in [0.2, 0.25) is 0 Å². The first-order chi connectivity index (χ1) is 6.58. The van der Waals surface area contributed by atoms with Crippen LogP contribution in [0, 0.1) is 0 Å². The van der Waals surface area contributed by atoms with Crippen LogP contribution in [0.15, 0.2) is 24.3 Å². The smallest absolute Gasteiger partial charge is 0.506 e. The molecule has 14 heavy (non-hydrogen) atoms. The predicted octanol–water partition coefficient (Wildman–Crippen LogP) is 2.02. The third-order valence-electron chi connectivity index (χ3n) is 1.76. The fourth-order valence-corrected chi connectivity index (χ4v) is 1.18. The van der Waals surface area contributed by atoms with Crippen molar-refractivity contribution in [3.8, 4) is 5.75 Å². The average molecular weight is 196 g/mol. The summed E-state index contributed by atoms with van der Waals surface area (Å²) in [6.07, 6.45) is -1.14. The number of phenolic OH excluding ortho intramolecular Hbond substituents is 1. The molecule has 1 rings (SSSR count). The Morgan fingerprint density at radius 1 is 1.43 bits per heavy atom. The van der Waals surface area contributed by atoms with E-state index in [0.717, 1.165) is 5.56 Å². The Balaban J connectivity index is 2.51. The van der Waals surface area contributed by atoms with E-state index in [0.29, 0.717) is 6.42 Å². The van der Waals surface area contributed by atoms with Crippen molar-refractivity contribution in [3.05, 3.63) is 29.8 Å². The second kappa shape index (κ2) is 4.50. The maximum atomic E-state index is 10.2. The van der Waals surface area contributed by atoms with Crippen LogP contribution < -0.4 is 0 Å². The summed E-state index contributed by atoms with van der Waals surface area (Å²) in [4.78, 5) is 10.2. The molecule has 4 nitrogen and oxygen atoms in total. The van der Waals surface area contributed by atoms with Crippen LogP contribution in [0.1, 0.15) is 12.5 Å². The van der Waals surface area contributed by atoms with Crippen molar-refractivity contribution in [1.29, 1.82) is 0 Å². The van der Waals surface area contributed by atoms with Crippen molar-refractivity contribution in [2.45, 2.75) is 19.4 Å². The van der Waals surface area contributed by atoms with Gasteiger partial charge in [-0.15, -0.1) is 0 Å². The molecule has 0 saturated heterocycles. The van der Waals surface area contributed by atoms with E-state index in [4.69, 9.17) is 10.2 Å². The van der Waals surface area contributed by atoms with Crippen molar-refractivity contribution in [1.82, 2.24) is 0 Å². The molecule has 0 spiro atoms. The number of carbonyl (C=O) groups is 1. The molecular weight excluding hydrogens is 184 g/mol. The minimum Gasteiger partial charge on any atom is -0.508 e. The molecule has 0 bridgehead atoms. The molecule has 0 radical (unpaired) electrons. The molecule has 1 aromatic rings. The molecule has 1 unspecified atom stereocenters.